The third kappa shape index (κ3) is 5.06. The molecule has 3 heterocycles. The highest BCUT2D eigenvalue weighted by atomic mass is 16.3. The van der Waals surface area contributed by atoms with Crippen molar-refractivity contribution in [2.45, 2.75) is 0 Å². The molecule has 0 unspecified atom stereocenters. The Morgan fingerprint density at radius 3 is 1.70 bits per heavy atom. The average Bonchev–Trinajstić information content (AvgIpc) is 3.81. The Morgan fingerprint density at radius 2 is 0.870 bits per heavy atom. The van der Waals surface area contributed by atoms with Crippen LogP contribution in [-0.2, 0) is 0 Å². The summed E-state index contributed by atoms with van der Waals surface area (Å²) in [6.45, 7) is 0. The molecule has 54 heavy (non-hydrogen) atoms. The Labute approximate surface area is 309 Å². The number of furan rings is 2. The molecule has 252 valence electrons. The summed E-state index contributed by atoms with van der Waals surface area (Å²) in [5, 5.41) is 6.48. The van der Waals surface area contributed by atoms with Crippen LogP contribution in [0.2, 0.25) is 0 Å². The van der Waals surface area contributed by atoms with E-state index in [1.54, 1.807) is 0 Å². The van der Waals surface area contributed by atoms with Crippen LogP contribution < -0.4 is 0 Å². The van der Waals surface area contributed by atoms with Gasteiger partial charge >= 0.3 is 0 Å². The van der Waals surface area contributed by atoms with Crippen LogP contribution in [0.15, 0.2) is 185 Å². The van der Waals surface area contributed by atoms with Crippen molar-refractivity contribution in [3.8, 4) is 56.4 Å². The first-order valence-corrected chi connectivity index (χ1v) is 18.0. The average molecular weight is 692 g/mol. The normalized spacial score (nSPS) is 11.7. The number of fused-ring (bicyclic) bond motifs is 7. The predicted molar refractivity (Wildman–Crippen MR) is 219 cm³/mol. The van der Waals surface area contributed by atoms with E-state index >= 15 is 0 Å². The summed E-state index contributed by atoms with van der Waals surface area (Å²) in [6.07, 6.45) is 0. The van der Waals surface area contributed by atoms with Gasteiger partial charge in [-0.2, -0.15) is 0 Å². The molecule has 0 atom stereocenters. The summed E-state index contributed by atoms with van der Waals surface area (Å²) >= 11 is 0. The van der Waals surface area contributed by atoms with Crippen LogP contribution in [0.5, 0.6) is 0 Å². The van der Waals surface area contributed by atoms with Crippen molar-refractivity contribution in [1.82, 2.24) is 15.0 Å². The minimum Gasteiger partial charge on any atom is -0.456 e. The zero-order chi connectivity index (χ0) is 35.6. The SMILES string of the molecule is c1ccc(-c2cc(-c3nc(-c4ccc(-c5ccc6ccccc6c5)cc4)nc(-c4ccc5oc6ccccc6c5c4)n3)c3c(c2)oc2ccccc23)cc1. The number of benzene rings is 8. The molecular formula is C49H29N3O2. The number of nitrogens with zero attached hydrogens (tertiary/aromatic N) is 3. The number of aromatic nitrogens is 3. The molecule has 0 saturated heterocycles. The van der Waals surface area contributed by atoms with E-state index in [9.17, 15) is 0 Å². The maximum atomic E-state index is 6.49. The number of rotatable bonds is 5. The van der Waals surface area contributed by atoms with E-state index in [4.69, 9.17) is 23.8 Å². The van der Waals surface area contributed by atoms with Gasteiger partial charge in [0.1, 0.15) is 22.3 Å². The lowest BCUT2D eigenvalue weighted by Crippen LogP contribution is -2.01. The van der Waals surface area contributed by atoms with Crippen LogP contribution in [0.25, 0.3) is 111 Å². The Balaban J connectivity index is 1.13. The molecule has 0 spiro atoms. The topological polar surface area (TPSA) is 65.0 Å². The summed E-state index contributed by atoms with van der Waals surface area (Å²) in [6, 6.07) is 60.5. The van der Waals surface area contributed by atoms with Gasteiger partial charge in [0, 0.05) is 38.2 Å². The molecule has 3 aromatic heterocycles. The van der Waals surface area contributed by atoms with Gasteiger partial charge < -0.3 is 8.83 Å². The van der Waals surface area contributed by atoms with E-state index in [1.807, 2.05) is 66.7 Å². The molecule has 0 aliphatic rings. The molecule has 0 radical (unpaired) electrons. The number of hydrogen-bond donors (Lipinski definition) is 0. The quantitative estimate of drug-likeness (QED) is 0.180. The van der Waals surface area contributed by atoms with E-state index in [1.165, 1.54) is 10.8 Å². The van der Waals surface area contributed by atoms with Crippen molar-refractivity contribution >= 4 is 54.6 Å². The first kappa shape index (κ1) is 30.3. The van der Waals surface area contributed by atoms with Gasteiger partial charge in [0.25, 0.3) is 0 Å². The van der Waals surface area contributed by atoms with Gasteiger partial charge in [-0.05, 0) is 81.6 Å². The van der Waals surface area contributed by atoms with Crippen LogP contribution in [0, 0.1) is 0 Å². The van der Waals surface area contributed by atoms with Crippen LogP contribution in [-0.4, -0.2) is 15.0 Å². The monoisotopic (exact) mass is 691 g/mol. The summed E-state index contributed by atoms with van der Waals surface area (Å²) in [5.41, 5.74) is 10.3. The fourth-order valence-corrected chi connectivity index (χ4v) is 7.63. The van der Waals surface area contributed by atoms with Crippen molar-refractivity contribution in [1.29, 1.82) is 0 Å². The Bertz CT molecular complexity index is 3210. The smallest absolute Gasteiger partial charge is 0.164 e. The third-order valence-electron chi connectivity index (χ3n) is 10.3. The number of para-hydroxylation sites is 2. The molecule has 11 rings (SSSR count). The molecule has 0 amide bonds. The largest absolute Gasteiger partial charge is 0.456 e. The summed E-state index contributed by atoms with van der Waals surface area (Å²) in [5.74, 6) is 1.73. The maximum Gasteiger partial charge on any atom is 0.164 e. The highest BCUT2D eigenvalue weighted by Crippen LogP contribution is 2.40. The molecule has 0 saturated carbocycles. The van der Waals surface area contributed by atoms with Crippen LogP contribution in [0.1, 0.15) is 0 Å². The standard InChI is InChI=1S/C49H29N3O2/c1-2-10-30(11-3-1)37-28-41(46-39-15-7-9-17-43(39)54-45(46)29-37)49-51-47(33-21-18-32(19-22-33)35-23-20-31-12-4-5-13-34(31)26-35)50-48(52-49)36-24-25-44-40(27-36)38-14-6-8-16-42(38)53-44/h1-29H. The van der Waals surface area contributed by atoms with Crippen LogP contribution in [0.3, 0.4) is 0 Å². The molecule has 8 aromatic carbocycles. The van der Waals surface area contributed by atoms with E-state index in [0.717, 1.165) is 82.8 Å². The fourth-order valence-electron chi connectivity index (χ4n) is 7.63. The third-order valence-corrected chi connectivity index (χ3v) is 10.3. The summed E-state index contributed by atoms with van der Waals surface area (Å²) < 4.78 is 12.7. The zero-order valence-corrected chi connectivity index (χ0v) is 28.9. The first-order valence-electron chi connectivity index (χ1n) is 18.0. The van der Waals surface area contributed by atoms with E-state index in [0.29, 0.717) is 17.5 Å². The molecule has 0 aliphatic carbocycles. The van der Waals surface area contributed by atoms with Gasteiger partial charge in [-0.25, -0.2) is 15.0 Å². The second-order valence-corrected chi connectivity index (χ2v) is 13.6. The second-order valence-electron chi connectivity index (χ2n) is 13.6. The Kier molecular flexibility index (Phi) is 6.79. The van der Waals surface area contributed by atoms with Gasteiger partial charge in [0.05, 0.1) is 0 Å². The molecule has 11 aromatic rings. The minimum atomic E-state index is 0.570. The molecule has 0 fully saturated rings. The summed E-state index contributed by atoms with van der Waals surface area (Å²) in [4.78, 5) is 15.6. The van der Waals surface area contributed by atoms with Gasteiger partial charge in [0.15, 0.2) is 17.5 Å². The van der Waals surface area contributed by atoms with E-state index in [-0.39, 0.29) is 0 Å². The Hall–Kier alpha value is -7.37. The molecule has 0 N–H and O–H groups in total. The van der Waals surface area contributed by atoms with Crippen molar-refractivity contribution < 1.29 is 8.83 Å². The van der Waals surface area contributed by atoms with E-state index in [2.05, 4.69) is 109 Å². The number of hydrogen-bond acceptors (Lipinski definition) is 5. The lowest BCUT2D eigenvalue weighted by Gasteiger charge is -2.12. The lowest BCUT2D eigenvalue weighted by molar-refractivity contribution is 0.668. The van der Waals surface area contributed by atoms with Crippen molar-refractivity contribution in [2.75, 3.05) is 0 Å². The molecule has 0 bridgehead atoms. The highest BCUT2D eigenvalue weighted by molar-refractivity contribution is 6.13. The lowest BCUT2D eigenvalue weighted by atomic mass is 9.98. The molecule has 5 nitrogen and oxygen atoms in total. The van der Waals surface area contributed by atoms with Crippen molar-refractivity contribution in [3.05, 3.63) is 176 Å². The maximum absolute atomic E-state index is 6.49. The highest BCUT2D eigenvalue weighted by Gasteiger charge is 2.20. The van der Waals surface area contributed by atoms with E-state index < -0.39 is 0 Å². The van der Waals surface area contributed by atoms with Crippen molar-refractivity contribution in [3.63, 3.8) is 0 Å². The Morgan fingerprint density at radius 1 is 0.296 bits per heavy atom. The van der Waals surface area contributed by atoms with Crippen LogP contribution in [0.4, 0.5) is 0 Å². The second kappa shape index (κ2) is 12.1. The zero-order valence-electron chi connectivity index (χ0n) is 28.9. The molecule has 5 heteroatoms. The molecular weight excluding hydrogens is 663 g/mol. The first-order chi connectivity index (χ1) is 26.7. The van der Waals surface area contributed by atoms with Crippen LogP contribution >= 0.6 is 0 Å². The minimum absolute atomic E-state index is 0.570. The van der Waals surface area contributed by atoms with Gasteiger partial charge in [-0.3, -0.25) is 0 Å². The van der Waals surface area contributed by atoms with Crippen molar-refractivity contribution in [2.24, 2.45) is 0 Å². The predicted octanol–water partition coefficient (Wildman–Crippen LogP) is 13.2. The van der Waals surface area contributed by atoms with Gasteiger partial charge in [-0.1, -0.05) is 127 Å². The fraction of sp³-hybridized carbons (Fsp3) is 0. The van der Waals surface area contributed by atoms with Gasteiger partial charge in [0.2, 0.25) is 0 Å². The molecule has 0 aliphatic heterocycles. The van der Waals surface area contributed by atoms with Gasteiger partial charge in [-0.15, -0.1) is 0 Å². The summed E-state index contributed by atoms with van der Waals surface area (Å²) in [7, 11) is 0.